The molecule has 0 aliphatic carbocycles. The second-order valence-electron chi connectivity index (χ2n) is 4.37. The molecule has 0 radical (unpaired) electrons. The fourth-order valence-corrected chi connectivity index (χ4v) is 1.84. The highest BCUT2D eigenvalue weighted by atomic mass is 19.3. The predicted molar refractivity (Wildman–Crippen MR) is 63.7 cm³/mol. The van der Waals surface area contributed by atoms with Crippen molar-refractivity contribution in [3.63, 3.8) is 0 Å². The Hall–Kier alpha value is -1.51. The molecule has 0 spiro atoms. The molecule has 0 saturated carbocycles. The maximum absolute atomic E-state index is 13.7. The summed E-state index contributed by atoms with van der Waals surface area (Å²) in [7, 11) is 0. The summed E-state index contributed by atoms with van der Waals surface area (Å²) in [6.07, 6.45) is -3.81. The van der Waals surface area contributed by atoms with Crippen LogP contribution in [0.15, 0.2) is 12.3 Å². The van der Waals surface area contributed by atoms with Crippen molar-refractivity contribution in [2.75, 3.05) is 17.7 Å². The van der Waals surface area contributed by atoms with E-state index in [-0.39, 0.29) is 5.82 Å². The van der Waals surface area contributed by atoms with Crippen LogP contribution in [-0.4, -0.2) is 46.2 Å². The monoisotopic (exact) mass is 275 g/mol. The molecule has 1 aliphatic rings. The van der Waals surface area contributed by atoms with Crippen LogP contribution in [0, 0.1) is 6.92 Å². The zero-order valence-corrected chi connectivity index (χ0v) is 10.2. The number of rotatable bonds is 3. The van der Waals surface area contributed by atoms with E-state index in [2.05, 4.69) is 10.3 Å². The third kappa shape index (κ3) is 2.34. The number of nitrogens with one attached hydrogen (secondary N) is 1. The van der Waals surface area contributed by atoms with Gasteiger partial charge in [0.15, 0.2) is 12.3 Å². The van der Waals surface area contributed by atoms with Gasteiger partial charge in [0.2, 0.25) is 0 Å². The van der Waals surface area contributed by atoms with Crippen LogP contribution in [0.4, 0.5) is 20.3 Å². The van der Waals surface area contributed by atoms with Gasteiger partial charge in [-0.15, -0.1) is 0 Å². The SMILES string of the molecule is Cc1c(N)ccnc1N[C@@H]1O[C@H](CO)[C@@H](O)C1(F)F. The molecular weight excluding hydrogens is 260 g/mol. The molecule has 1 aromatic heterocycles. The second-order valence-corrected chi connectivity index (χ2v) is 4.37. The Bertz CT molecular complexity index is 472. The molecule has 0 amide bonds. The summed E-state index contributed by atoms with van der Waals surface area (Å²) in [5.74, 6) is -3.39. The number of nitrogen functional groups attached to an aromatic ring is 1. The van der Waals surface area contributed by atoms with Gasteiger partial charge in [-0.3, -0.25) is 0 Å². The topological polar surface area (TPSA) is 101 Å². The molecule has 5 N–H and O–H groups in total. The van der Waals surface area contributed by atoms with Crippen molar-refractivity contribution in [1.29, 1.82) is 0 Å². The molecule has 1 fully saturated rings. The van der Waals surface area contributed by atoms with Crippen LogP contribution in [0.5, 0.6) is 0 Å². The Morgan fingerprint density at radius 3 is 2.84 bits per heavy atom. The number of pyridine rings is 1. The van der Waals surface area contributed by atoms with E-state index in [0.717, 1.165) is 0 Å². The molecule has 1 aliphatic heterocycles. The summed E-state index contributed by atoms with van der Waals surface area (Å²) >= 11 is 0. The minimum Gasteiger partial charge on any atom is -0.398 e. The summed E-state index contributed by atoms with van der Waals surface area (Å²) < 4.78 is 32.4. The van der Waals surface area contributed by atoms with Gasteiger partial charge in [0.05, 0.1) is 6.61 Å². The van der Waals surface area contributed by atoms with Crippen molar-refractivity contribution in [2.45, 2.75) is 31.3 Å². The first kappa shape index (κ1) is 13.9. The normalized spacial score (nSPS) is 29.4. The molecule has 2 heterocycles. The number of halogens is 2. The number of alkyl halides is 2. The van der Waals surface area contributed by atoms with Gasteiger partial charge in [-0.25, -0.2) is 4.98 Å². The number of aliphatic hydroxyl groups is 2. The Kier molecular flexibility index (Phi) is 3.57. The van der Waals surface area contributed by atoms with Gasteiger partial charge in [-0.1, -0.05) is 0 Å². The van der Waals surface area contributed by atoms with E-state index < -0.39 is 31.0 Å². The zero-order chi connectivity index (χ0) is 14.2. The van der Waals surface area contributed by atoms with E-state index in [1.807, 2.05) is 0 Å². The Morgan fingerprint density at radius 2 is 2.26 bits per heavy atom. The average Bonchev–Trinajstić information content (AvgIpc) is 2.58. The number of hydrogen-bond acceptors (Lipinski definition) is 6. The number of aromatic nitrogens is 1. The Balaban J connectivity index is 2.22. The smallest absolute Gasteiger partial charge is 0.319 e. The van der Waals surface area contributed by atoms with Crippen LogP contribution < -0.4 is 11.1 Å². The van der Waals surface area contributed by atoms with Gasteiger partial charge in [0.1, 0.15) is 11.9 Å². The van der Waals surface area contributed by atoms with E-state index >= 15 is 0 Å². The average molecular weight is 275 g/mol. The third-order valence-electron chi connectivity index (χ3n) is 3.10. The summed E-state index contributed by atoms with van der Waals surface area (Å²) in [4.78, 5) is 3.90. The third-order valence-corrected chi connectivity index (χ3v) is 3.10. The minimum atomic E-state index is -3.54. The number of hydrogen-bond donors (Lipinski definition) is 4. The summed E-state index contributed by atoms with van der Waals surface area (Å²) in [6, 6.07) is 1.54. The quantitative estimate of drug-likeness (QED) is 0.624. The number of aliphatic hydroxyl groups excluding tert-OH is 2. The first-order valence-corrected chi connectivity index (χ1v) is 5.67. The lowest BCUT2D eigenvalue weighted by Gasteiger charge is -2.22. The maximum Gasteiger partial charge on any atom is 0.319 e. The molecule has 106 valence electrons. The highest BCUT2D eigenvalue weighted by Crippen LogP contribution is 2.36. The van der Waals surface area contributed by atoms with Crippen molar-refractivity contribution < 1.29 is 23.7 Å². The van der Waals surface area contributed by atoms with E-state index in [0.29, 0.717) is 11.3 Å². The van der Waals surface area contributed by atoms with Gasteiger partial charge >= 0.3 is 5.92 Å². The molecule has 6 nitrogen and oxygen atoms in total. The van der Waals surface area contributed by atoms with E-state index in [4.69, 9.17) is 15.6 Å². The summed E-state index contributed by atoms with van der Waals surface area (Å²) in [5.41, 5.74) is 6.55. The number of nitrogens with two attached hydrogens (primary N) is 1. The molecule has 2 rings (SSSR count). The highest BCUT2D eigenvalue weighted by Gasteiger charge is 2.58. The Morgan fingerprint density at radius 1 is 1.58 bits per heavy atom. The van der Waals surface area contributed by atoms with Crippen molar-refractivity contribution in [3.05, 3.63) is 17.8 Å². The lowest BCUT2D eigenvalue weighted by molar-refractivity contribution is -0.103. The van der Waals surface area contributed by atoms with Crippen LogP contribution in [0.3, 0.4) is 0 Å². The van der Waals surface area contributed by atoms with Crippen molar-refractivity contribution in [3.8, 4) is 0 Å². The van der Waals surface area contributed by atoms with E-state index in [1.54, 1.807) is 13.0 Å². The molecule has 3 atom stereocenters. The van der Waals surface area contributed by atoms with Crippen molar-refractivity contribution in [2.24, 2.45) is 0 Å². The fourth-order valence-electron chi connectivity index (χ4n) is 1.84. The standard InChI is InChI=1S/C11H15F2N3O3/c1-5-6(14)2-3-15-9(5)16-10-11(12,13)8(18)7(4-17)19-10/h2-3,7-8,10,17-18H,4H2,1H3,(H3,14,15,16)/t7-,8-,10-/m1/s1. The second kappa shape index (κ2) is 4.87. The van der Waals surface area contributed by atoms with E-state index in [1.165, 1.54) is 6.20 Å². The summed E-state index contributed by atoms with van der Waals surface area (Å²) in [5, 5.41) is 20.6. The molecule has 0 unspecified atom stereocenters. The highest BCUT2D eigenvalue weighted by molar-refractivity contribution is 5.58. The first-order valence-electron chi connectivity index (χ1n) is 5.67. The molecule has 8 heteroatoms. The number of nitrogens with zero attached hydrogens (tertiary/aromatic N) is 1. The summed E-state index contributed by atoms with van der Waals surface area (Å²) in [6.45, 7) is 0.927. The fraction of sp³-hybridized carbons (Fsp3) is 0.545. The van der Waals surface area contributed by atoms with Crippen molar-refractivity contribution in [1.82, 2.24) is 4.98 Å². The van der Waals surface area contributed by atoms with Crippen LogP contribution in [-0.2, 0) is 4.74 Å². The number of ether oxygens (including phenoxy) is 1. The lowest BCUT2D eigenvalue weighted by atomic mass is 10.1. The maximum atomic E-state index is 13.7. The van der Waals surface area contributed by atoms with Gasteiger partial charge in [-0.05, 0) is 13.0 Å². The Labute approximate surface area is 108 Å². The van der Waals surface area contributed by atoms with E-state index in [9.17, 15) is 13.9 Å². The number of anilines is 2. The van der Waals surface area contributed by atoms with Crippen LogP contribution in [0.2, 0.25) is 0 Å². The molecule has 1 saturated heterocycles. The molecule has 0 aromatic carbocycles. The zero-order valence-electron chi connectivity index (χ0n) is 10.2. The molecule has 0 bridgehead atoms. The van der Waals surface area contributed by atoms with Gasteiger partial charge in [-0.2, -0.15) is 8.78 Å². The molecule has 19 heavy (non-hydrogen) atoms. The van der Waals surface area contributed by atoms with Gasteiger partial charge in [0, 0.05) is 17.4 Å². The first-order chi connectivity index (χ1) is 8.87. The van der Waals surface area contributed by atoms with Gasteiger partial charge < -0.3 is 26.0 Å². The van der Waals surface area contributed by atoms with Gasteiger partial charge in [0.25, 0.3) is 0 Å². The predicted octanol–water partition coefficient (Wildman–Crippen LogP) is 0.0975. The van der Waals surface area contributed by atoms with Crippen molar-refractivity contribution >= 4 is 11.5 Å². The molecular formula is C11H15F2N3O3. The minimum absolute atomic E-state index is 0.149. The largest absolute Gasteiger partial charge is 0.398 e. The van der Waals surface area contributed by atoms with Crippen LogP contribution in [0.1, 0.15) is 5.56 Å². The van der Waals surface area contributed by atoms with Crippen LogP contribution in [0.25, 0.3) is 0 Å². The lowest BCUT2D eigenvalue weighted by Crippen LogP contribution is -2.43. The molecule has 1 aromatic rings. The van der Waals surface area contributed by atoms with Crippen LogP contribution >= 0.6 is 0 Å².